The van der Waals surface area contributed by atoms with E-state index in [0.29, 0.717) is 12.3 Å². The highest BCUT2D eigenvalue weighted by Gasteiger charge is 2.13. The Balaban J connectivity index is 2.52. The summed E-state index contributed by atoms with van der Waals surface area (Å²) in [5.41, 5.74) is 2.27. The lowest BCUT2D eigenvalue weighted by Crippen LogP contribution is -2.36. The summed E-state index contributed by atoms with van der Waals surface area (Å²) < 4.78 is 5.45. The van der Waals surface area contributed by atoms with E-state index in [1.54, 1.807) is 0 Å². The summed E-state index contributed by atoms with van der Waals surface area (Å²) in [5, 5.41) is 8.63. The molecule has 1 N–H and O–H groups in total. The zero-order chi connectivity index (χ0) is 15.1. The standard InChI is InChI=1S/C15H21NO4/c1-4-16(8-7-15(18)19)14(17)10-20-13-6-5-11(2)12(3)9-13/h5-6,9H,4,7-8,10H2,1-3H3,(H,18,19). The van der Waals surface area contributed by atoms with E-state index in [1.165, 1.54) is 10.5 Å². The van der Waals surface area contributed by atoms with E-state index in [2.05, 4.69) is 0 Å². The van der Waals surface area contributed by atoms with Crippen LogP contribution in [0.4, 0.5) is 0 Å². The minimum absolute atomic E-state index is 0.0524. The van der Waals surface area contributed by atoms with Gasteiger partial charge in [0.2, 0.25) is 0 Å². The van der Waals surface area contributed by atoms with Gasteiger partial charge in [0.25, 0.3) is 5.91 Å². The second-order valence-corrected chi connectivity index (χ2v) is 4.65. The van der Waals surface area contributed by atoms with E-state index < -0.39 is 5.97 Å². The quantitative estimate of drug-likeness (QED) is 0.829. The maximum absolute atomic E-state index is 11.9. The molecule has 0 atom stereocenters. The summed E-state index contributed by atoms with van der Waals surface area (Å²) >= 11 is 0. The number of amides is 1. The van der Waals surface area contributed by atoms with Gasteiger partial charge in [-0.05, 0) is 44.0 Å². The summed E-state index contributed by atoms with van der Waals surface area (Å²) in [7, 11) is 0. The number of aliphatic carboxylic acids is 1. The summed E-state index contributed by atoms with van der Waals surface area (Å²) in [6.45, 7) is 6.42. The van der Waals surface area contributed by atoms with Crippen LogP contribution in [-0.4, -0.2) is 41.6 Å². The maximum atomic E-state index is 11.9. The zero-order valence-electron chi connectivity index (χ0n) is 12.2. The molecule has 1 rings (SSSR count). The lowest BCUT2D eigenvalue weighted by Gasteiger charge is -2.20. The molecule has 0 radical (unpaired) electrons. The molecule has 5 heteroatoms. The molecule has 0 aliphatic heterocycles. The fraction of sp³-hybridized carbons (Fsp3) is 0.467. The van der Waals surface area contributed by atoms with E-state index in [-0.39, 0.29) is 25.5 Å². The third-order valence-electron chi connectivity index (χ3n) is 3.17. The van der Waals surface area contributed by atoms with E-state index in [4.69, 9.17) is 9.84 Å². The first-order chi connectivity index (χ1) is 9.43. The number of hydrogen-bond acceptors (Lipinski definition) is 3. The average molecular weight is 279 g/mol. The summed E-state index contributed by atoms with van der Waals surface area (Å²) in [6.07, 6.45) is -0.0524. The molecule has 0 aliphatic rings. The number of benzene rings is 1. The van der Waals surface area contributed by atoms with Gasteiger partial charge in [-0.2, -0.15) is 0 Å². The van der Waals surface area contributed by atoms with Crippen LogP contribution in [0.3, 0.4) is 0 Å². The highest BCUT2D eigenvalue weighted by Crippen LogP contribution is 2.16. The molecule has 1 amide bonds. The molecule has 0 saturated heterocycles. The predicted molar refractivity (Wildman–Crippen MR) is 75.9 cm³/mol. The van der Waals surface area contributed by atoms with Crippen LogP contribution in [0.5, 0.6) is 5.75 Å². The number of rotatable bonds is 7. The lowest BCUT2D eigenvalue weighted by atomic mass is 10.1. The van der Waals surface area contributed by atoms with Gasteiger partial charge in [-0.15, -0.1) is 0 Å². The number of ether oxygens (including phenoxy) is 1. The van der Waals surface area contributed by atoms with Gasteiger partial charge in [-0.1, -0.05) is 6.07 Å². The minimum atomic E-state index is -0.911. The Labute approximate surface area is 119 Å². The SMILES string of the molecule is CCN(CCC(=O)O)C(=O)COc1ccc(C)c(C)c1. The van der Waals surface area contributed by atoms with Gasteiger partial charge in [0.05, 0.1) is 6.42 Å². The Morgan fingerprint density at radius 1 is 1.25 bits per heavy atom. The number of likely N-dealkylation sites (N-methyl/N-ethyl adjacent to an activating group) is 1. The van der Waals surface area contributed by atoms with Gasteiger partial charge in [-0.25, -0.2) is 0 Å². The molecule has 0 saturated carbocycles. The van der Waals surface area contributed by atoms with Gasteiger partial charge in [0.15, 0.2) is 6.61 Å². The van der Waals surface area contributed by atoms with Crippen LogP contribution in [0.2, 0.25) is 0 Å². The monoisotopic (exact) mass is 279 g/mol. The molecule has 1 aromatic carbocycles. The molecule has 0 spiro atoms. The van der Waals surface area contributed by atoms with Gasteiger partial charge >= 0.3 is 5.97 Å². The number of nitrogens with zero attached hydrogens (tertiary/aromatic N) is 1. The number of carboxylic acid groups (broad SMARTS) is 1. The topological polar surface area (TPSA) is 66.8 Å². The van der Waals surface area contributed by atoms with Crippen LogP contribution in [0.25, 0.3) is 0 Å². The van der Waals surface area contributed by atoms with Crippen molar-refractivity contribution in [1.29, 1.82) is 0 Å². The van der Waals surface area contributed by atoms with Gasteiger partial charge in [-0.3, -0.25) is 9.59 Å². The molecule has 0 fully saturated rings. The van der Waals surface area contributed by atoms with Crippen molar-refractivity contribution in [3.63, 3.8) is 0 Å². The van der Waals surface area contributed by atoms with Gasteiger partial charge in [0, 0.05) is 13.1 Å². The van der Waals surface area contributed by atoms with Gasteiger partial charge in [0.1, 0.15) is 5.75 Å². The largest absolute Gasteiger partial charge is 0.484 e. The predicted octanol–water partition coefficient (Wildman–Crippen LogP) is 2.01. The Morgan fingerprint density at radius 2 is 1.95 bits per heavy atom. The first-order valence-electron chi connectivity index (χ1n) is 6.63. The number of carbonyl (C=O) groups is 2. The summed E-state index contributed by atoms with van der Waals surface area (Å²) in [4.78, 5) is 23.9. The van der Waals surface area contributed by atoms with Crippen molar-refractivity contribution >= 4 is 11.9 Å². The fourth-order valence-electron chi connectivity index (χ4n) is 1.73. The van der Waals surface area contributed by atoms with Crippen LogP contribution in [0.15, 0.2) is 18.2 Å². The summed E-state index contributed by atoms with van der Waals surface area (Å²) in [6, 6.07) is 5.65. The molecular weight excluding hydrogens is 258 g/mol. The van der Waals surface area contributed by atoms with Crippen LogP contribution < -0.4 is 4.74 Å². The Hall–Kier alpha value is -2.04. The molecule has 1 aromatic rings. The zero-order valence-corrected chi connectivity index (χ0v) is 12.2. The minimum Gasteiger partial charge on any atom is -0.484 e. The first-order valence-corrected chi connectivity index (χ1v) is 6.63. The molecular formula is C15H21NO4. The molecule has 0 aromatic heterocycles. The fourth-order valence-corrected chi connectivity index (χ4v) is 1.73. The highest BCUT2D eigenvalue weighted by molar-refractivity contribution is 5.78. The Morgan fingerprint density at radius 3 is 2.50 bits per heavy atom. The maximum Gasteiger partial charge on any atom is 0.305 e. The molecule has 110 valence electrons. The Bertz CT molecular complexity index is 485. The molecule has 0 heterocycles. The van der Waals surface area contributed by atoms with Crippen molar-refractivity contribution in [3.8, 4) is 5.75 Å². The number of carboxylic acids is 1. The molecule has 5 nitrogen and oxygen atoms in total. The highest BCUT2D eigenvalue weighted by atomic mass is 16.5. The van der Waals surface area contributed by atoms with Crippen LogP contribution >= 0.6 is 0 Å². The van der Waals surface area contributed by atoms with Crippen molar-refractivity contribution in [1.82, 2.24) is 4.90 Å². The van der Waals surface area contributed by atoms with Crippen molar-refractivity contribution < 1.29 is 19.4 Å². The van der Waals surface area contributed by atoms with E-state index in [9.17, 15) is 9.59 Å². The van der Waals surface area contributed by atoms with Gasteiger partial charge < -0.3 is 14.7 Å². The first kappa shape index (κ1) is 16.0. The third-order valence-corrected chi connectivity index (χ3v) is 3.17. The number of carbonyl (C=O) groups excluding carboxylic acids is 1. The van der Waals surface area contributed by atoms with Crippen molar-refractivity contribution in [2.75, 3.05) is 19.7 Å². The van der Waals surface area contributed by atoms with Crippen molar-refractivity contribution in [2.24, 2.45) is 0 Å². The summed E-state index contributed by atoms with van der Waals surface area (Å²) in [5.74, 6) is -0.464. The van der Waals surface area contributed by atoms with Crippen molar-refractivity contribution in [3.05, 3.63) is 29.3 Å². The smallest absolute Gasteiger partial charge is 0.305 e. The number of hydrogen-bond donors (Lipinski definition) is 1. The second kappa shape index (κ2) is 7.53. The van der Waals surface area contributed by atoms with Crippen LogP contribution in [0, 0.1) is 13.8 Å². The van der Waals surface area contributed by atoms with E-state index in [1.807, 2.05) is 39.0 Å². The molecule has 0 aliphatic carbocycles. The normalized spacial score (nSPS) is 10.2. The van der Waals surface area contributed by atoms with Crippen molar-refractivity contribution in [2.45, 2.75) is 27.2 Å². The lowest BCUT2D eigenvalue weighted by molar-refractivity contribution is -0.139. The van der Waals surface area contributed by atoms with E-state index in [0.717, 1.165) is 5.56 Å². The molecule has 0 bridgehead atoms. The Kier molecular flexibility index (Phi) is 6.03. The van der Waals surface area contributed by atoms with Crippen LogP contribution in [0.1, 0.15) is 24.5 Å². The third kappa shape index (κ3) is 4.91. The van der Waals surface area contributed by atoms with Crippen LogP contribution in [-0.2, 0) is 9.59 Å². The number of aryl methyl sites for hydroxylation is 2. The second-order valence-electron chi connectivity index (χ2n) is 4.65. The molecule has 0 unspecified atom stereocenters. The average Bonchev–Trinajstić information content (AvgIpc) is 2.40. The molecule has 20 heavy (non-hydrogen) atoms. The van der Waals surface area contributed by atoms with E-state index >= 15 is 0 Å².